The lowest BCUT2D eigenvalue weighted by molar-refractivity contribution is 0.0531. The van der Waals surface area contributed by atoms with E-state index in [1.807, 2.05) is 13.8 Å². The molecule has 18 heavy (non-hydrogen) atoms. The monoisotopic (exact) mass is 314 g/mol. The number of amides is 1. The number of carbonyl (C=O) groups is 1. The summed E-state index contributed by atoms with van der Waals surface area (Å²) < 4.78 is 6.17. The van der Waals surface area contributed by atoms with Gasteiger partial charge in [-0.1, -0.05) is 0 Å². The van der Waals surface area contributed by atoms with E-state index in [0.717, 1.165) is 4.47 Å². The fourth-order valence-electron chi connectivity index (χ4n) is 1.44. The first-order chi connectivity index (χ1) is 8.41. The quantitative estimate of drug-likeness (QED) is 0.850. The third-order valence-corrected chi connectivity index (χ3v) is 3.14. The van der Waals surface area contributed by atoms with Crippen molar-refractivity contribution in [1.29, 1.82) is 0 Å². The predicted molar refractivity (Wildman–Crippen MR) is 76.6 cm³/mol. The van der Waals surface area contributed by atoms with Gasteiger partial charge in [-0.2, -0.15) is 0 Å². The van der Waals surface area contributed by atoms with E-state index in [-0.39, 0.29) is 12.0 Å². The molecule has 0 bridgehead atoms. The van der Waals surface area contributed by atoms with Crippen molar-refractivity contribution in [2.24, 2.45) is 0 Å². The van der Waals surface area contributed by atoms with Crippen molar-refractivity contribution >= 4 is 27.5 Å². The van der Waals surface area contributed by atoms with Gasteiger partial charge < -0.3 is 15.4 Å². The fraction of sp³-hybridized carbons (Fsp3) is 0.462. The summed E-state index contributed by atoms with van der Waals surface area (Å²) in [4.78, 5) is 13.8. The Balaban J connectivity index is 2.65. The van der Waals surface area contributed by atoms with Crippen LogP contribution in [0.25, 0.3) is 0 Å². The number of anilines is 1. The lowest BCUT2D eigenvalue weighted by Crippen LogP contribution is -2.31. The van der Waals surface area contributed by atoms with Crippen molar-refractivity contribution in [1.82, 2.24) is 4.90 Å². The molecule has 1 aromatic carbocycles. The molecule has 0 aliphatic rings. The zero-order chi connectivity index (χ0) is 13.7. The summed E-state index contributed by atoms with van der Waals surface area (Å²) in [6, 6.07) is 5.20. The van der Waals surface area contributed by atoms with Gasteiger partial charge in [0.15, 0.2) is 0 Å². The van der Waals surface area contributed by atoms with Crippen molar-refractivity contribution in [3.63, 3.8) is 0 Å². The predicted octanol–water partition coefficient (Wildman–Crippen LogP) is 2.53. The summed E-state index contributed by atoms with van der Waals surface area (Å²) >= 11 is 3.36. The smallest absolute Gasteiger partial charge is 0.254 e. The van der Waals surface area contributed by atoms with Crippen LogP contribution in [0.1, 0.15) is 24.2 Å². The number of likely N-dealkylation sites (N-methyl/N-ethyl adjacent to an activating group) is 1. The summed E-state index contributed by atoms with van der Waals surface area (Å²) in [5, 5.41) is 0. The minimum atomic E-state index is -0.0680. The van der Waals surface area contributed by atoms with Gasteiger partial charge in [0.2, 0.25) is 0 Å². The van der Waals surface area contributed by atoms with Crippen LogP contribution in [-0.4, -0.2) is 37.1 Å². The first-order valence-corrected chi connectivity index (χ1v) is 6.63. The van der Waals surface area contributed by atoms with Crippen LogP contribution in [0.3, 0.4) is 0 Å². The second-order valence-electron chi connectivity index (χ2n) is 4.39. The maximum Gasteiger partial charge on any atom is 0.254 e. The van der Waals surface area contributed by atoms with E-state index in [4.69, 9.17) is 10.5 Å². The van der Waals surface area contributed by atoms with Crippen molar-refractivity contribution in [2.75, 3.05) is 25.9 Å². The lowest BCUT2D eigenvalue weighted by atomic mass is 10.2. The molecule has 0 fully saturated rings. The Labute approximate surface area is 116 Å². The number of hydrogen-bond donors (Lipinski definition) is 1. The maximum absolute atomic E-state index is 12.2. The summed E-state index contributed by atoms with van der Waals surface area (Å²) in [6.07, 6.45) is 0.174. The van der Waals surface area contributed by atoms with E-state index in [1.165, 1.54) is 0 Å². The molecule has 0 spiro atoms. The van der Waals surface area contributed by atoms with Crippen molar-refractivity contribution in [2.45, 2.75) is 20.0 Å². The van der Waals surface area contributed by atoms with Gasteiger partial charge in [-0.05, 0) is 48.0 Å². The van der Waals surface area contributed by atoms with Crippen LogP contribution in [0.5, 0.6) is 0 Å². The van der Waals surface area contributed by atoms with Gasteiger partial charge in [-0.25, -0.2) is 0 Å². The second kappa shape index (κ2) is 6.75. The molecule has 0 aliphatic heterocycles. The van der Waals surface area contributed by atoms with E-state index in [9.17, 15) is 4.79 Å². The van der Waals surface area contributed by atoms with Crippen LogP contribution in [0.2, 0.25) is 0 Å². The highest BCUT2D eigenvalue weighted by molar-refractivity contribution is 9.10. The zero-order valence-corrected chi connectivity index (χ0v) is 12.5. The molecule has 0 heterocycles. The Hall–Kier alpha value is -1.07. The third kappa shape index (κ3) is 4.31. The van der Waals surface area contributed by atoms with Crippen LogP contribution in [0, 0.1) is 0 Å². The molecule has 0 aliphatic carbocycles. The number of nitrogens with two attached hydrogens (primary N) is 1. The molecule has 0 radical (unpaired) electrons. The molecule has 0 saturated heterocycles. The number of halogens is 1. The minimum absolute atomic E-state index is 0.0680. The number of ether oxygens (including phenoxy) is 1. The number of nitrogens with zero attached hydrogens (tertiary/aromatic N) is 1. The summed E-state index contributed by atoms with van der Waals surface area (Å²) in [7, 11) is 1.75. The van der Waals surface area contributed by atoms with Gasteiger partial charge in [-0.3, -0.25) is 4.79 Å². The van der Waals surface area contributed by atoms with Gasteiger partial charge in [0.25, 0.3) is 5.91 Å². The molecular formula is C13H19BrN2O2. The molecule has 4 nitrogen and oxygen atoms in total. The average Bonchev–Trinajstić information content (AvgIpc) is 2.30. The van der Waals surface area contributed by atoms with E-state index in [1.54, 1.807) is 30.1 Å². The van der Waals surface area contributed by atoms with Gasteiger partial charge in [0.05, 0.1) is 18.3 Å². The summed E-state index contributed by atoms with van der Waals surface area (Å²) in [5.41, 5.74) is 6.84. The minimum Gasteiger partial charge on any atom is -0.399 e. The molecular weight excluding hydrogens is 296 g/mol. The molecule has 1 rings (SSSR count). The van der Waals surface area contributed by atoms with Crippen molar-refractivity contribution in [3.05, 3.63) is 28.2 Å². The molecule has 0 atom stereocenters. The lowest BCUT2D eigenvalue weighted by Gasteiger charge is -2.19. The third-order valence-electron chi connectivity index (χ3n) is 2.45. The Morgan fingerprint density at radius 3 is 2.78 bits per heavy atom. The van der Waals surface area contributed by atoms with Crippen LogP contribution < -0.4 is 5.73 Å². The SMILES string of the molecule is CC(C)OCCN(C)C(=O)c1cc(N)ccc1Br. The van der Waals surface area contributed by atoms with Crippen LogP contribution in [-0.2, 0) is 4.74 Å². The molecule has 0 unspecified atom stereocenters. The number of benzene rings is 1. The highest BCUT2D eigenvalue weighted by Crippen LogP contribution is 2.20. The van der Waals surface area contributed by atoms with Crippen LogP contribution in [0.4, 0.5) is 5.69 Å². The van der Waals surface area contributed by atoms with Crippen LogP contribution in [0.15, 0.2) is 22.7 Å². The topological polar surface area (TPSA) is 55.6 Å². The largest absolute Gasteiger partial charge is 0.399 e. The molecule has 1 aromatic rings. The standard InChI is InChI=1S/C13H19BrN2O2/c1-9(2)18-7-6-16(3)13(17)11-8-10(15)4-5-12(11)14/h4-5,8-9H,6-7,15H2,1-3H3. The first kappa shape index (κ1) is 15.0. The highest BCUT2D eigenvalue weighted by Gasteiger charge is 2.15. The molecule has 5 heteroatoms. The van der Waals surface area contributed by atoms with Gasteiger partial charge >= 0.3 is 0 Å². The van der Waals surface area contributed by atoms with Gasteiger partial charge in [-0.15, -0.1) is 0 Å². The summed E-state index contributed by atoms with van der Waals surface area (Å²) in [6.45, 7) is 5.02. The second-order valence-corrected chi connectivity index (χ2v) is 5.24. The molecule has 100 valence electrons. The Kier molecular flexibility index (Phi) is 5.62. The zero-order valence-electron chi connectivity index (χ0n) is 10.9. The van der Waals surface area contributed by atoms with E-state index in [2.05, 4.69) is 15.9 Å². The van der Waals surface area contributed by atoms with Gasteiger partial charge in [0.1, 0.15) is 0 Å². The van der Waals surface area contributed by atoms with Crippen molar-refractivity contribution in [3.8, 4) is 0 Å². The number of carbonyl (C=O) groups excluding carboxylic acids is 1. The van der Waals surface area contributed by atoms with Gasteiger partial charge in [0, 0.05) is 23.8 Å². The number of rotatable bonds is 5. The molecule has 1 amide bonds. The molecule has 0 saturated carbocycles. The molecule has 0 aromatic heterocycles. The first-order valence-electron chi connectivity index (χ1n) is 5.84. The van der Waals surface area contributed by atoms with Crippen LogP contribution >= 0.6 is 15.9 Å². The summed E-state index contributed by atoms with van der Waals surface area (Å²) in [5.74, 6) is -0.0680. The Morgan fingerprint density at radius 1 is 1.50 bits per heavy atom. The molecule has 2 N–H and O–H groups in total. The number of hydrogen-bond acceptors (Lipinski definition) is 3. The van der Waals surface area contributed by atoms with E-state index < -0.39 is 0 Å². The normalized spacial score (nSPS) is 10.7. The van der Waals surface area contributed by atoms with Crippen molar-refractivity contribution < 1.29 is 9.53 Å². The maximum atomic E-state index is 12.2. The Morgan fingerprint density at radius 2 is 2.17 bits per heavy atom. The Bertz CT molecular complexity index is 421. The van der Waals surface area contributed by atoms with E-state index in [0.29, 0.717) is 24.4 Å². The number of nitrogen functional groups attached to an aromatic ring is 1. The van der Waals surface area contributed by atoms with E-state index >= 15 is 0 Å². The average molecular weight is 315 g/mol. The highest BCUT2D eigenvalue weighted by atomic mass is 79.9. The fourth-order valence-corrected chi connectivity index (χ4v) is 1.86.